The van der Waals surface area contributed by atoms with Crippen molar-refractivity contribution in [2.45, 2.75) is 26.4 Å². The van der Waals surface area contributed by atoms with Gasteiger partial charge in [0, 0.05) is 24.0 Å². The smallest absolute Gasteiger partial charge is 0.331 e. The summed E-state index contributed by atoms with van der Waals surface area (Å²) >= 11 is 0. The van der Waals surface area contributed by atoms with E-state index in [4.69, 9.17) is 4.74 Å². The molecule has 0 N–H and O–H groups in total. The highest BCUT2D eigenvalue weighted by molar-refractivity contribution is 5.89. The van der Waals surface area contributed by atoms with Gasteiger partial charge in [-0.05, 0) is 44.5 Å². The molecule has 122 valence electrons. The third-order valence-corrected chi connectivity index (χ3v) is 3.41. The number of pyridine rings is 1. The highest BCUT2D eigenvalue weighted by Gasteiger charge is 2.14. The number of fused-ring (bicyclic) bond motifs is 1. The van der Waals surface area contributed by atoms with Crippen LogP contribution in [0.5, 0.6) is 0 Å². The summed E-state index contributed by atoms with van der Waals surface area (Å²) in [6, 6.07) is 13.7. The van der Waals surface area contributed by atoms with Crippen LogP contribution in [0.4, 0.5) is 0 Å². The number of carbonyl (C=O) groups excluding carboxylic acids is 1. The molecule has 0 aliphatic heterocycles. The third-order valence-electron chi connectivity index (χ3n) is 3.41. The van der Waals surface area contributed by atoms with Crippen LogP contribution < -0.4 is 0 Å². The highest BCUT2D eigenvalue weighted by atomic mass is 16.6. The van der Waals surface area contributed by atoms with Gasteiger partial charge in [-0.15, -0.1) is 0 Å². The molecule has 0 saturated heterocycles. The summed E-state index contributed by atoms with van der Waals surface area (Å²) in [6.07, 6.45) is 7.17. The largest absolute Gasteiger partial charge is 0.457 e. The van der Waals surface area contributed by atoms with E-state index in [0.29, 0.717) is 0 Å². The fraction of sp³-hybridized carbons (Fsp3) is 0.200. The molecule has 3 rings (SSSR count). The van der Waals surface area contributed by atoms with Gasteiger partial charge in [0.2, 0.25) is 0 Å². The summed E-state index contributed by atoms with van der Waals surface area (Å²) in [5.74, 6) is -0.354. The van der Waals surface area contributed by atoms with E-state index in [2.05, 4.69) is 4.98 Å². The van der Waals surface area contributed by atoms with E-state index in [1.54, 1.807) is 6.08 Å². The van der Waals surface area contributed by atoms with Crippen molar-refractivity contribution >= 4 is 17.7 Å². The molecule has 4 heteroatoms. The number of rotatable bonds is 3. The number of nitrogens with zero attached hydrogens (tertiary/aromatic N) is 2. The Morgan fingerprint density at radius 1 is 1.12 bits per heavy atom. The van der Waals surface area contributed by atoms with Crippen molar-refractivity contribution in [1.29, 1.82) is 0 Å². The van der Waals surface area contributed by atoms with E-state index in [-0.39, 0.29) is 5.97 Å². The summed E-state index contributed by atoms with van der Waals surface area (Å²) in [7, 11) is 0. The Bertz CT molecular complexity index is 868. The van der Waals surface area contributed by atoms with Crippen molar-refractivity contribution in [3.63, 3.8) is 0 Å². The number of benzene rings is 1. The van der Waals surface area contributed by atoms with Crippen molar-refractivity contribution in [3.8, 4) is 11.3 Å². The van der Waals surface area contributed by atoms with Gasteiger partial charge in [0.15, 0.2) is 0 Å². The normalized spacial score (nSPS) is 12.0. The topological polar surface area (TPSA) is 43.6 Å². The van der Waals surface area contributed by atoms with Crippen LogP contribution in [-0.4, -0.2) is 21.0 Å². The fourth-order valence-electron chi connectivity index (χ4n) is 2.43. The van der Waals surface area contributed by atoms with Crippen LogP contribution >= 0.6 is 0 Å². The Morgan fingerprint density at radius 2 is 1.88 bits per heavy atom. The SMILES string of the molecule is CC(C)(C)OC(=O)/C=C/c1ccccc1-c1cn2ccccc2n1. The first kappa shape index (κ1) is 16.0. The molecule has 0 unspecified atom stereocenters. The lowest BCUT2D eigenvalue weighted by molar-refractivity contribution is -0.148. The van der Waals surface area contributed by atoms with E-state index >= 15 is 0 Å². The predicted octanol–water partition coefficient (Wildman–Crippen LogP) is 4.36. The van der Waals surface area contributed by atoms with Crippen LogP contribution in [0.25, 0.3) is 23.0 Å². The molecule has 0 spiro atoms. The van der Waals surface area contributed by atoms with Gasteiger partial charge in [0.05, 0.1) is 5.69 Å². The van der Waals surface area contributed by atoms with Crippen molar-refractivity contribution < 1.29 is 9.53 Å². The second kappa shape index (κ2) is 6.32. The summed E-state index contributed by atoms with van der Waals surface area (Å²) in [6.45, 7) is 5.55. The molecule has 0 saturated carbocycles. The van der Waals surface area contributed by atoms with E-state index < -0.39 is 5.60 Å². The van der Waals surface area contributed by atoms with Crippen LogP contribution in [-0.2, 0) is 9.53 Å². The first-order valence-electron chi connectivity index (χ1n) is 7.86. The molecule has 0 aliphatic rings. The molecule has 24 heavy (non-hydrogen) atoms. The summed E-state index contributed by atoms with van der Waals surface area (Å²) in [5, 5.41) is 0. The maximum atomic E-state index is 11.9. The van der Waals surface area contributed by atoms with Gasteiger partial charge in [-0.3, -0.25) is 0 Å². The van der Waals surface area contributed by atoms with Gasteiger partial charge in [-0.1, -0.05) is 30.3 Å². The Labute approximate surface area is 141 Å². The minimum atomic E-state index is -0.497. The van der Waals surface area contributed by atoms with Gasteiger partial charge in [-0.25, -0.2) is 9.78 Å². The minimum absolute atomic E-state index is 0.354. The lowest BCUT2D eigenvalue weighted by atomic mass is 10.0. The van der Waals surface area contributed by atoms with Crippen molar-refractivity contribution in [2.24, 2.45) is 0 Å². The zero-order valence-corrected chi connectivity index (χ0v) is 14.1. The number of ether oxygens (including phenoxy) is 1. The van der Waals surface area contributed by atoms with Gasteiger partial charge >= 0.3 is 5.97 Å². The van der Waals surface area contributed by atoms with E-state index in [1.807, 2.05) is 80.0 Å². The average Bonchev–Trinajstić information content (AvgIpc) is 2.95. The molecular formula is C20H20N2O2. The summed E-state index contributed by atoms with van der Waals surface area (Å²) < 4.78 is 7.28. The zero-order chi connectivity index (χ0) is 17.2. The molecule has 3 aromatic rings. The third kappa shape index (κ3) is 3.71. The van der Waals surface area contributed by atoms with Crippen molar-refractivity contribution in [3.05, 3.63) is 66.5 Å². The molecule has 2 aromatic heterocycles. The molecule has 0 aliphatic carbocycles. The Hall–Kier alpha value is -2.88. The highest BCUT2D eigenvalue weighted by Crippen LogP contribution is 2.24. The monoisotopic (exact) mass is 320 g/mol. The Morgan fingerprint density at radius 3 is 2.62 bits per heavy atom. The maximum Gasteiger partial charge on any atom is 0.331 e. The average molecular weight is 320 g/mol. The predicted molar refractivity (Wildman–Crippen MR) is 95.5 cm³/mol. The van der Waals surface area contributed by atoms with Crippen LogP contribution in [0, 0.1) is 0 Å². The van der Waals surface area contributed by atoms with Crippen LogP contribution in [0.15, 0.2) is 60.9 Å². The van der Waals surface area contributed by atoms with E-state index in [0.717, 1.165) is 22.5 Å². The maximum absolute atomic E-state index is 11.9. The zero-order valence-electron chi connectivity index (χ0n) is 14.1. The molecule has 2 heterocycles. The minimum Gasteiger partial charge on any atom is -0.457 e. The number of imidazole rings is 1. The number of esters is 1. The van der Waals surface area contributed by atoms with Gasteiger partial charge in [0.1, 0.15) is 11.2 Å². The molecule has 0 bridgehead atoms. The first-order valence-corrected chi connectivity index (χ1v) is 7.86. The van der Waals surface area contributed by atoms with E-state index in [1.165, 1.54) is 6.08 Å². The molecule has 4 nitrogen and oxygen atoms in total. The van der Waals surface area contributed by atoms with Gasteiger partial charge < -0.3 is 9.14 Å². The van der Waals surface area contributed by atoms with E-state index in [9.17, 15) is 4.79 Å². The lowest BCUT2D eigenvalue weighted by Crippen LogP contribution is -2.22. The quantitative estimate of drug-likeness (QED) is 0.532. The summed E-state index contributed by atoms with van der Waals surface area (Å²) in [4.78, 5) is 16.5. The second-order valence-corrected chi connectivity index (χ2v) is 6.55. The first-order chi connectivity index (χ1) is 11.4. The van der Waals surface area contributed by atoms with Gasteiger partial charge in [-0.2, -0.15) is 0 Å². The number of carbonyl (C=O) groups is 1. The molecule has 0 radical (unpaired) electrons. The standard InChI is InChI=1S/C20H20N2O2/c1-20(2,3)24-19(23)12-11-15-8-4-5-9-16(15)17-14-22-13-7-6-10-18(22)21-17/h4-14H,1-3H3/b12-11+. The Kier molecular flexibility index (Phi) is 4.21. The van der Waals surface area contributed by atoms with Crippen molar-refractivity contribution in [2.75, 3.05) is 0 Å². The molecule has 1 aromatic carbocycles. The van der Waals surface area contributed by atoms with Crippen LogP contribution in [0.2, 0.25) is 0 Å². The van der Waals surface area contributed by atoms with Crippen LogP contribution in [0.1, 0.15) is 26.3 Å². The van der Waals surface area contributed by atoms with Crippen molar-refractivity contribution in [1.82, 2.24) is 9.38 Å². The number of hydrogen-bond donors (Lipinski definition) is 0. The number of hydrogen-bond acceptors (Lipinski definition) is 3. The van der Waals surface area contributed by atoms with Crippen LogP contribution in [0.3, 0.4) is 0 Å². The lowest BCUT2D eigenvalue weighted by Gasteiger charge is -2.17. The fourth-order valence-corrected chi connectivity index (χ4v) is 2.43. The molecular weight excluding hydrogens is 300 g/mol. The molecule has 0 atom stereocenters. The Balaban J connectivity index is 1.92. The second-order valence-electron chi connectivity index (χ2n) is 6.55. The molecule has 0 amide bonds. The summed E-state index contributed by atoms with van der Waals surface area (Å²) in [5.41, 5.74) is 3.15. The van der Waals surface area contributed by atoms with Gasteiger partial charge in [0.25, 0.3) is 0 Å². The molecule has 0 fully saturated rings. The number of aromatic nitrogens is 2.